The number of urea groups is 1. The zero-order valence-electron chi connectivity index (χ0n) is 13.7. The summed E-state index contributed by atoms with van der Waals surface area (Å²) in [6.45, 7) is 2.33. The molecule has 0 radical (unpaired) electrons. The Labute approximate surface area is 141 Å². The zero-order valence-corrected chi connectivity index (χ0v) is 13.7. The summed E-state index contributed by atoms with van der Waals surface area (Å²) in [5.74, 6) is -0.177. The molecule has 3 amide bonds. The number of imide groups is 1. The minimum absolute atomic E-state index is 0.177. The lowest BCUT2D eigenvalue weighted by Crippen LogP contribution is -2.56. The Hall–Kier alpha value is -2.37. The summed E-state index contributed by atoms with van der Waals surface area (Å²) in [7, 11) is 0. The monoisotopic (exact) mass is 329 g/mol. The highest BCUT2D eigenvalue weighted by Gasteiger charge is 2.31. The Kier molecular flexibility index (Phi) is 5.13. The second-order valence-corrected chi connectivity index (χ2v) is 6.39. The standard InChI is InChI=1S/C18H23N3O3/c22-13-1-2-14-3-5-15(6-4-14)20-10-7-16(8-11-20)21-12-9-17(23)19-18(21)24/h3-6,13,16H,1-2,7-12H2,(H,19,23,24). The van der Waals surface area contributed by atoms with Crippen LogP contribution in [0.2, 0.25) is 0 Å². The number of nitrogens with one attached hydrogen (secondary N) is 1. The van der Waals surface area contributed by atoms with Crippen molar-refractivity contribution in [3.05, 3.63) is 29.8 Å². The lowest BCUT2D eigenvalue weighted by molar-refractivity contribution is -0.121. The summed E-state index contributed by atoms with van der Waals surface area (Å²) in [4.78, 5) is 37.7. The highest BCUT2D eigenvalue weighted by Crippen LogP contribution is 2.24. The van der Waals surface area contributed by atoms with Crippen molar-refractivity contribution < 1.29 is 14.4 Å². The SMILES string of the molecule is O=CCCc1ccc(N2CCC(N3CCC(=O)NC3=O)CC2)cc1. The van der Waals surface area contributed by atoms with Crippen LogP contribution in [0.15, 0.2) is 24.3 Å². The second kappa shape index (κ2) is 7.47. The van der Waals surface area contributed by atoms with Crippen molar-refractivity contribution in [3.63, 3.8) is 0 Å². The van der Waals surface area contributed by atoms with Crippen molar-refractivity contribution in [1.29, 1.82) is 0 Å². The number of carbonyl (C=O) groups excluding carboxylic acids is 3. The molecule has 2 saturated heterocycles. The molecule has 2 aliphatic rings. The minimum atomic E-state index is -0.246. The van der Waals surface area contributed by atoms with Crippen LogP contribution >= 0.6 is 0 Å². The van der Waals surface area contributed by atoms with Crippen LogP contribution in [-0.4, -0.2) is 48.8 Å². The van der Waals surface area contributed by atoms with E-state index in [1.807, 2.05) is 0 Å². The summed E-state index contributed by atoms with van der Waals surface area (Å²) < 4.78 is 0. The minimum Gasteiger partial charge on any atom is -0.371 e. The highest BCUT2D eigenvalue weighted by atomic mass is 16.2. The number of piperidine rings is 1. The molecule has 2 aliphatic heterocycles. The van der Waals surface area contributed by atoms with Gasteiger partial charge in [0.15, 0.2) is 0 Å². The first-order valence-electron chi connectivity index (χ1n) is 8.55. The van der Waals surface area contributed by atoms with E-state index in [0.29, 0.717) is 19.4 Å². The lowest BCUT2D eigenvalue weighted by atomic mass is 10.0. The summed E-state index contributed by atoms with van der Waals surface area (Å²) in [6.07, 6.45) is 4.51. The molecule has 0 aromatic heterocycles. The van der Waals surface area contributed by atoms with Gasteiger partial charge >= 0.3 is 6.03 Å². The predicted octanol–water partition coefficient (Wildman–Crippen LogP) is 1.73. The normalized spacial score (nSPS) is 19.3. The van der Waals surface area contributed by atoms with Gasteiger partial charge in [-0.25, -0.2) is 4.79 Å². The van der Waals surface area contributed by atoms with Crippen molar-refractivity contribution >= 4 is 23.9 Å². The van der Waals surface area contributed by atoms with Gasteiger partial charge in [-0.15, -0.1) is 0 Å². The van der Waals surface area contributed by atoms with Gasteiger partial charge in [0.2, 0.25) is 5.91 Å². The van der Waals surface area contributed by atoms with Gasteiger partial charge in [-0.3, -0.25) is 10.1 Å². The molecular weight excluding hydrogens is 306 g/mol. The fraction of sp³-hybridized carbons (Fsp3) is 0.500. The number of aryl methyl sites for hydroxylation is 1. The summed E-state index contributed by atoms with van der Waals surface area (Å²) in [5, 5.41) is 2.40. The van der Waals surface area contributed by atoms with E-state index in [9.17, 15) is 14.4 Å². The van der Waals surface area contributed by atoms with E-state index in [4.69, 9.17) is 0 Å². The van der Waals surface area contributed by atoms with Gasteiger partial charge in [-0.05, 0) is 37.0 Å². The van der Waals surface area contributed by atoms with E-state index < -0.39 is 0 Å². The Morgan fingerprint density at radius 1 is 1.08 bits per heavy atom. The molecule has 0 saturated carbocycles. The summed E-state index contributed by atoms with van der Waals surface area (Å²) in [5.41, 5.74) is 2.36. The highest BCUT2D eigenvalue weighted by molar-refractivity contribution is 5.96. The maximum atomic E-state index is 11.9. The molecule has 1 aromatic rings. The van der Waals surface area contributed by atoms with Crippen LogP contribution in [0.3, 0.4) is 0 Å². The number of hydrogen-bond acceptors (Lipinski definition) is 4. The number of carbonyl (C=O) groups is 3. The van der Waals surface area contributed by atoms with E-state index in [0.717, 1.165) is 38.6 Å². The number of aldehydes is 1. The van der Waals surface area contributed by atoms with Crippen molar-refractivity contribution in [2.75, 3.05) is 24.5 Å². The van der Waals surface area contributed by atoms with Crippen LogP contribution in [0.25, 0.3) is 0 Å². The van der Waals surface area contributed by atoms with Gasteiger partial charge in [-0.2, -0.15) is 0 Å². The summed E-state index contributed by atoms with van der Waals surface area (Å²) in [6, 6.07) is 8.33. The average Bonchev–Trinajstić information content (AvgIpc) is 2.61. The third-order valence-electron chi connectivity index (χ3n) is 4.84. The largest absolute Gasteiger partial charge is 0.371 e. The third-order valence-corrected chi connectivity index (χ3v) is 4.84. The zero-order chi connectivity index (χ0) is 16.9. The molecule has 0 atom stereocenters. The van der Waals surface area contributed by atoms with Gasteiger partial charge in [0, 0.05) is 44.2 Å². The van der Waals surface area contributed by atoms with Crippen molar-refractivity contribution in [2.24, 2.45) is 0 Å². The maximum absolute atomic E-state index is 11.9. The van der Waals surface area contributed by atoms with Crippen molar-refractivity contribution in [1.82, 2.24) is 10.2 Å². The molecule has 128 valence electrons. The molecule has 3 rings (SSSR count). The molecule has 0 spiro atoms. The van der Waals surface area contributed by atoms with Gasteiger partial charge < -0.3 is 14.6 Å². The Bertz CT molecular complexity index is 606. The van der Waals surface area contributed by atoms with Gasteiger partial charge in [0.05, 0.1) is 0 Å². The van der Waals surface area contributed by atoms with E-state index in [2.05, 4.69) is 34.5 Å². The molecule has 6 nitrogen and oxygen atoms in total. The predicted molar refractivity (Wildman–Crippen MR) is 90.9 cm³/mol. The van der Waals surface area contributed by atoms with Crippen LogP contribution in [0.5, 0.6) is 0 Å². The summed E-state index contributed by atoms with van der Waals surface area (Å²) >= 11 is 0. The van der Waals surface area contributed by atoms with Crippen LogP contribution in [0.1, 0.15) is 31.2 Å². The van der Waals surface area contributed by atoms with Crippen LogP contribution < -0.4 is 10.2 Å². The molecule has 1 N–H and O–H groups in total. The molecule has 24 heavy (non-hydrogen) atoms. The van der Waals surface area contributed by atoms with Crippen LogP contribution in [0, 0.1) is 0 Å². The molecule has 2 fully saturated rings. The number of benzene rings is 1. The van der Waals surface area contributed by atoms with E-state index in [1.165, 1.54) is 11.3 Å². The third kappa shape index (κ3) is 3.75. The first kappa shape index (κ1) is 16.5. The van der Waals surface area contributed by atoms with E-state index >= 15 is 0 Å². The number of amides is 3. The second-order valence-electron chi connectivity index (χ2n) is 6.39. The van der Waals surface area contributed by atoms with Crippen LogP contribution in [-0.2, 0) is 16.0 Å². The molecule has 0 bridgehead atoms. The molecule has 0 aliphatic carbocycles. The average molecular weight is 329 g/mol. The number of hydrogen-bond donors (Lipinski definition) is 1. The maximum Gasteiger partial charge on any atom is 0.324 e. The Balaban J connectivity index is 1.54. The molecule has 0 unspecified atom stereocenters. The first-order valence-corrected chi connectivity index (χ1v) is 8.55. The number of anilines is 1. The Morgan fingerprint density at radius 2 is 1.79 bits per heavy atom. The van der Waals surface area contributed by atoms with E-state index in [1.54, 1.807) is 4.90 Å². The van der Waals surface area contributed by atoms with Crippen molar-refractivity contribution in [3.8, 4) is 0 Å². The van der Waals surface area contributed by atoms with E-state index in [-0.39, 0.29) is 18.0 Å². The molecule has 6 heteroatoms. The fourth-order valence-corrected chi connectivity index (χ4v) is 3.46. The van der Waals surface area contributed by atoms with Crippen molar-refractivity contribution in [2.45, 2.75) is 38.1 Å². The fourth-order valence-electron chi connectivity index (χ4n) is 3.46. The lowest BCUT2D eigenvalue weighted by Gasteiger charge is -2.40. The van der Waals surface area contributed by atoms with Crippen LogP contribution in [0.4, 0.5) is 10.5 Å². The number of nitrogens with zero attached hydrogens (tertiary/aromatic N) is 2. The van der Waals surface area contributed by atoms with Gasteiger partial charge in [0.25, 0.3) is 0 Å². The number of rotatable bonds is 5. The smallest absolute Gasteiger partial charge is 0.324 e. The van der Waals surface area contributed by atoms with Gasteiger partial charge in [0.1, 0.15) is 6.29 Å². The Morgan fingerprint density at radius 3 is 2.42 bits per heavy atom. The molecule has 1 aromatic carbocycles. The molecule has 2 heterocycles. The topological polar surface area (TPSA) is 69.7 Å². The first-order chi connectivity index (χ1) is 11.7. The molecular formula is C18H23N3O3. The quantitative estimate of drug-likeness (QED) is 0.835. The van der Waals surface area contributed by atoms with Gasteiger partial charge in [-0.1, -0.05) is 12.1 Å².